The molecule has 5 heteroatoms. The van der Waals surface area contributed by atoms with Crippen molar-refractivity contribution in [3.05, 3.63) is 35.4 Å². The fourth-order valence-corrected chi connectivity index (χ4v) is 1.95. The van der Waals surface area contributed by atoms with E-state index in [4.69, 9.17) is 9.79 Å². The SMILES string of the molecule is CCC(C)c1ccc(CNCP(=O)(O)O)cc1. The van der Waals surface area contributed by atoms with E-state index in [1.54, 1.807) is 0 Å². The second-order valence-corrected chi connectivity index (χ2v) is 5.95. The Morgan fingerprint density at radius 2 is 1.88 bits per heavy atom. The predicted molar refractivity (Wildman–Crippen MR) is 68.9 cm³/mol. The van der Waals surface area contributed by atoms with Crippen molar-refractivity contribution >= 4 is 7.60 Å². The molecular formula is C12H20NO3P. The average molecular weight is 257 g/mol. The molecule has 1 unspecified atom stereocenters. The molecule has 0 saturated heterocycles. The van der Waals surface area contributed by atoms with Crippen LogP contribution in [0, 0.1) is 0 Å². The van der Waals surface area contributed by atoms with Crippen molar-refractivity contribution in [2.24, 2.45) is 0 Å². The van der Waals surface area contributed by atoms with Crippen LogP contribution in [0.5, 0.6) is 0 Å². The van der Waals surface area contributed by atoms with Crippen molar-refractivity contribution in [1.82, 2.24) is 5.32 Å². The van der Waals surface area contributed by atoms with E-state index in [1.807, 2.05) is 12.1 Å². The monoisotopic (exact) mass is 257 g/mol. The van der Waals surface area contributed by atoms with E-state index in [2.05, 4.69) is 31.3 Å². The molecule has 4 nitrogen and oxygen atoms in total. The molecule has 0 aliphatic heterocycles. The molecular weight excluding hydrogens is 237 g/mol. The van der Waals surface area contributed by atoms with E-state index in [9.17, 15) is 4.57 Å². The normalized spacial score (nSPS) is 13.6. The molecule has 3 N–H and O–H groups in total. The maximum atomic E-state index is 10.6. The van der Waals surface area contributed by atoms with Crippen molar-refractivity contribution in [2.75, 3.05) is 6.29 Å². The van der Waals surface area contributed by atoms with Crippen LogP contribution >= 0.6 is 7.60 Å². The van der Waals surface area contributed by atoms with Gasteiger partial charge in [-0.25, -0.2) is 0 Å². The van der Waals surface area contributed by atoms with Crippen LogP contribution in [0.15, 0.2) is 24.3 Å². The van der Waals surface area contributed by atoms with Gasteiger partial charge in [0, 0.05) is 6.54 Å². The molecule has 1 aromatic rings. The van der Waals surface area contributed by atoms with E-state index in [0.717, 1.165) is 12.0 Å². The Morgan fingerprint density at radius 1 is 1.29 bits per heavy atom. The zero-order valence-electron chi connectivity index (χ0n) is 10.3. The molecule has 17 heavy (non-hydrogen) atoms. The van der Waals surface area contributed by atoms with Crippen molar-refractivity contribution in [3.8, 4) is 0 Å². The van der Waals surface area contributed by atoms with E-state index >= 15 is 0 Å². The van der Waals surface area contributed by atoms with E-state index < -0.39 is 7.60 Å². The molecule has 0 spiro atoms. The molecule has 1 aromatic carbocycles. The lowest BCUT2D eigenvalue weighted by atomic mass is 9.98. The Morgan fingerprint density at radius 3 is 2.35 bits per heavy atom. The van der Waals surface area contributed by atoms with Crippen LogP contribution in [0.1, 0.15) is 37.3 Å². The minimum Gasteiger partial charge on any atom is -0.324 e. The minimum absolute atomic E-state index is 0.278. The van der Waals surface area contributed by atoms with Crippen LogP contribution in [0.4, 0.5) is 0 Å². The largest absolute Gasteiger partial charge is 0.339 e. The third-order valence-corrected chi connectivity index (χ3v) is 3.44. The Bertz CT molecular complexity index is 385. The summed E-state index contributed by atoms with van der Waals surface area (Å²) in [5.41, 5.74) is 2.33. The molecule has 0 radical (unpaired) electrons. The summed E-state index contributed by atoms with van der Waals surface area (Å²) < 4.78 is 10.6. The lowest BCUT2D eigenvalue weighted by molar-refractivity contribution is 0.368. The summed E-state index contributed by atoms with van der Waals surface area (Å²) in [5, 5.41) is 2.74. The highest BCUT2D eigenvalue weighted by atomic mass is 31.2. The van der Waals surface area contributed by atoms with Crippen molar-refractivity contribution < 1.29 is 14.4 Å². The molecule has 0 aliphatic carbocycles. The summed E-state index contributed by atoms with van der Waals surface area (Å²) in [5.74, 6) is 0.548. The van der Waals surface area contributed by atoms with Gasteiger partial charge in [0.1, 0.15) is 0 Å². The van der Waals surface area contributed by atoms with Gasteiger partial charge in [0.05, 0.1) is 6.29 Å². The van der Waals surface area contributed by atoms with E-state index in [1.165, 1.54) is 5.56 Å². The smallest absolute Gasteiger partial charge is 0.324 e. The second-order valence-electron chi connectivity index (χ2n) is 4.30. The highest BCUT2D eigenvalue weighted by molar-refractivity contribution is 7.51. The van der Waals surface area contributed by atoms with Gasteiger partial charge in [0.25, 0.3) is 0 Å². The highest BCUT2D eigenvalue weighted by Gasteiger charge is 2.11. The van der Waals surface area contributed by atoms with Crippen LogP contribution in [-0.2, 0) is 11.1 Å². The first-order chi connectivity index (χ1) is 7.92. The van der Waals surface area contributed by atoms with Crippen LogP contribution in [0.25, 0.3) is 0 Å². The van der Waals surface area contributed by atoms with E-state index in [-0.39, 0.29) is 6.29 Å². The first-order valence-corrected chi connectivity index (χ1v) is 7.56. The molecule has 96 valence electrons. The van der Waals surface area contributed by atoms with Crippen molar-refractivity contribution in [2.45, 2.75) is 32.7 Å². The van der Waals surface area contributed by atoms with Gasteiger partial charge in [-0.3, -0.25) is 4.57 Å². The third-order valence-electron chi connectivity index (χ3n) is 2.81. The summed E-state index contributed by atoms with van der Waals surface area (Å²) in [6, 6.07) is 8.13. The Hall–Kier alpha value is -0.670. The summed E-state index contributed by atoms with van der Waals surface area (Å²) in [4.78, 5) is 17.4. The lowest BCUT2D eigenvalue weighted by Gasteiger charge is -2.10. The lowest BCUT2D eigenvalue weighted by Crippen LogP contribution is -2.14. The number of nitrogens with one attached hydrogen (secondary N) is 1. The van der Waals surface area contributed by atoms with Gasteiger partial charge in [-0.05, 0) is 23.5 Å². The zero-order valence-corrected chi connectivity index (χ0v) is 11.2. The first kappa shape index (κ1) is 14.4. The van der Waals surface area contributed by atoms with Gasteiger partial charge in [0.2, 0.25) is 0 Å². The molecule has 0 bridgehead atoms. The molecule has 1 rings (SSSR count). The summed E-state index contributed by atoms with van der Waals surface area (Å²) >= 11 is 0. The van der Waals surface area contributed by atoms with E-state index in [0.29, 0.717) is 12.5 Å². The topological polar surface area (TPSA) is 69.6 Å². The fraction of sp³-hybridized carbons (Fsp3) is 0.500. The predicted octanol–water partition coefficient (Wildman–Crippen LogP) is 2.42. The zero-order chi connectivity index (χ0) is 12.9. The molecule has 0 saturated carbocycles. The van der Waals surface area contributed by atoms with Gasteiger partial charge < -0.3 is 15.1 Å². The van der Waals surface area contributed by atoms with Crippen molar-refractivity contribution in [1.29, 1.82) is 0 Å². The number of hydrogen-bond donors (Lipinski definition) is 3. The molecule has 1 atom stereocenters. The van der Waals surface area contributed by atoms with Gasteiger partial charge in [-0.15, -0.1) is 0 Å². The molecule has 0 amide bonds. The highest BCUT2D eigenvalue weighted by Crippen LogP contribution is 2.32. The standard InChI is InChI=1S/C12H20NO3P/c1-3-10(2)12-6-4-11(5-7-12)8-13-9-17(14,15)16/h4-7,10,13H,3,8-9H2,1-2H3,(H2,14,15,16). The van der Waals surface area contributed by atoms with Crippen molar-refractivity contribution in [3.63, 3.8) is 0 Å². The van der Waals surface area contributed by atoms with Crippen LogP contribution in [0.2, 0.25) is 0 Å². The Labute approximate surface area is 102 Å². The third kappa shape index (κ3) is 5.46. The summed E-state index contributed by atoms with van der Waals surface area (Å²) in [6.45, 7) is 4.81. The maximum absolute atomic E-state index is 10.6. The van der Waals surface area contributed by atoms with Gasteiger partial charge in [0.15, 0.2) is 0 Å². The second kappa shape index (κ2) is 6.31. The average Bonchev–Trinajstić information content (AvgIpc) is 2.27. The Balaban J connectivity index is 2.49. The molecule has 0 aromatic heterocycles. The minimum atomic E-state index is -3.94. The first-order valence-electron chi connectivity index (χ1n) is 5.76. The summed E-state index contributed by atoms with van der Waals surface area (Å²) in [7, 11) is -3.94. The maximum Gasteiger partial charge on any atom is 0.339 e. The molecule has 0 heterocycles. The van der Waals surface area contributed by atoms with Gasteiger partial charge in [-0.2, -0.15) is 0 Å². The van der Waals surface area contributed by atoms with Gasteiger partial charge in [-0.1, -0.05) is 38.1 Å². The quantitative estimate of drug-likeness (QED) is 0.684. The van der Waals surface area contributed by atoms with Gasteiger partial charge >= 0.3 is 7.60 Å². The fourth-order valence-electron chi connectivity index (χ4n) is 1.55. The molecule has 0 aliphatic rings. The number of rotatable bonds is 6. The molecule has 0 fully saturated rings. The Kier molecular flexibility index (Phi) is 5.34. The number of benzene rings is 1. The van der Waals surface area contributed by atoms with Crippen LogP contribution in [-0.4, -0.2) is 16.1 Å². The number of hydrogen-bond acceptors (Lipinski definition) is 2. The van der Waals surface area contributed by atoms with Crippen LogP contribution < -0.4 is 5.32 Å². The summed E-state index contributed by atoms with van der Waals surface area (Å²) in [6.07, 6.45) is 0.829. The van der Waals surface area contributed by atoms with Crippen LogP contribution in [0.3, 0.4) is 0 Å².